The molecule has 2 nitrogen and oxygen atoms in total. The monoisotopic (exact) mass is 234 g/mol. The summed E-state index contributed by atoms with van der Waals surface area (Å²) in [5, 5.41) is 0. The van der Waals surface area contributed by atoms with Crippen LogP contribution in [0, 0.1) is 0 Å². The maximum atomic E-state index is 12.2. The van der Waals surface area contributed by atoms with Crippen molar-refractivity contribution in [2.45, 2.75) is 65.1 Å². The van der Waals surface area contributed by atoms with Gasteiger partial charge in [-0.25, -0.2) is 0 Å². The van der Waals surface area contributed by atoms with Crippen LogP contribution in [0.25, 0.3) is 0 Å². The van der Waals surface area contributed by atoms with Crippen LogP contribution in [0.4, 0.5) is 0 Å². The third kappa shape index (κ3) is 2.68. The van der Waals surface area contributed by atoms with Gasteiger partial charge in [0.2, 0.25) is 0 Å². The summed E-state index contributed by atoms with van der Waals surface area (Å²) in [4.78, 5) is 12.2. The Morgan fingerprint density at radius 1 is 1.47 bits per heavy atom. The van der Waals surface area contributed by atoms with Crippen LogP contribution in [-0.2, 0) is 9.53 Å². The van der Waals surface area contributed by atoms with Crippen molar-refractivity contribution in [2.75, 3.05) is 0 Å². The summed E-state index contributed by atoms with van der Waals surface area (Å²) in [6, 6.07) is 0. The Morgan fingerprint density at radius 3 is 2.82 bits per heavy atom. The van der Waals surface area contributed by atoms with Gasteiger partial charge in [-0.1, -0.05) is 17.2 Å². The average Bonchev–Trinajstić information content (AvgIpc) is 2.84. The number of carbonyl (C=O) groups is 1. The highest BCUT2D eigenvalue weighted by Gasteiger charge is 2.51. The molecule has 0 unspecified atom stereocenters. The molecule has 0 aromatic carbocycles. The molecule has 2 heteroatoms. The predicted molar refractivity (Wildman–Crippen MR) is 68.9 cm³/mol. The molecule has 1 saturated heterocycles. The number of allylic oxidation sites excluding steroid dienone is 3. The largest absolute Gasteiger partial charge is 0.366 e. The van der Waals surface area contributed by atoms with E-state index in [1.54, 1.807) is 0 Å². The third-order valence-corrected chi connectivity index (χ3v) is 3.94. The molecule has 0 aromatic rings. The van der Waals surface area contributed by atoms with Crippen LogP contribution in [0.3, 0.4) is 0 Å². The minimum Gasteiger partial charge on any atom is -0.366 e. The van der Waals surface area contributed by atoms with Gasteiger partial charge in [-0.3, -0.25) is 4.79 Å². The lowest BCUT2D eigenvalue weighted by Crippen LogP contribution is -2.15. The van der Waals surface area contributed by atoms with E-state index in [9.17, 15) is 4.79 Å². The second kappa shape index (κ2) is 4.41. The Labute approximate surface area is 104 Å². The minimum absolute atomic E-state index is 0.00903. The molecule has 0 amide bonds. The maximum absolute atomic E-state index is 12.2. The second-order valence-corrected chi connectivity index (χ2v) is 5.79. The molecule has 0 radical (unpaired) electrons. The molecule has 0 N–H and O–H groups in total. The number of hydrogen-bond acceptors (Lipinski definition) is 2. The highest BCUT2D eigenvalue weighted by Crippen LogP contribution is 2.45. The van der Waals surface area contributed by atoms with E-state index in [4.69, 9.17) is 4.74 Å². The van der Waals surface area contributed by atoms with E-state index in [1.807, 2.05) is 13.8 Å². The Hall–Kier alpha value is -0.890. The van der Waals surface area contributed by atoms with Crippen molar-refractivity contribution in [3.63, 3.8) is 0 Å². The first-order valence-corrected chi connectivity index (χ1v) is 6.45. The molecule has 17 heavy (non-hydrogen) atoms. The van der Waals surface area contributed by atoms with Gasteiger partial charge >= 0.3 is 0 Å². The zero-order valence-corrected chi connectivity index (χ0v) is 11.3. The van der Waals surface area contributed by atoms with Crippen molar-refractivity contribution in [1.82, 2.24) is 0 Å². The summed E-state index contributed by atoms with van der Waals surface area (Å²) in [6.07, 6.45) is 5.91. The maximum Gasteiger partial charge on any atom is 0.162 e. The number of ketones is 1. The molecule has 2 rings (SSSR count). The van der Waals surface area contributed by atoms with Crippen molar-refractivity contribution in [1.29, 1.82) is 0 Å². The number of hydrogen-bond donors (Lipinski definition) is 0. The van der Waals surface area contributed by atoms with Gasteiger partial charge in [-0.05, 0) is 46.1 Å². The molecule has 0 saturated carbocycles. The first kappa shape index (κ1) is 12.6. The van der Waals surface area contributed by atoms with E-state index in [1.165, 1.54) is 5.57 Å². The number of epoxide rings is 1. The van der Waals surface area contributed by atoms with Crippen LogP contribution in [0.5, 0.6) is 0 Å². The summed E-state index contributed by atoms with van der Waals surface area (Å²) < 4.78 is 5.78. The van der Waals surface area contributed by atoms with Crippen molar-refractivity contribution < 1.29 is 9.53 Å². The van der Waals surface area contributed by atoms with Crippen LogP contribution in [0.2, 0.25) is 0 Å². The van der Waals surface area contributed by atoms with Gasteiger partial charge in [0.25, 0.3) is 0 Å². The summed E-state index contributed by atoms with van der Waals surface area (Å²) in [5.41, 5.74) is 3.32. The summed E-state index contributed by atoms with van der Waals surface area (Å²) in [6.45, 7) is 8.26. The van der Waals surface area contributed by atoms with Gasteiger partial charge in [-0.2, -0.15) is 0 Å². The Bertz CT molecular complexity index is 399. The molecule has 0 aromatic heterocycles. The quantitative estimate of drug-likeness (QED) is 0.364. The SMILES string of the molecule is CC1=CCC[C@@]2(C)O[C@H]2CC(=C(C)C)C(=O)C1. The molecule has 1 heterocycles. The lowest BCUT2D eigenvalue weighted by molar-refractivity contribution is -0.115. The fourth-order valence-corrected chi connectivity index (χ4v) is 2.59. The topological polar surface area (TPSA) is 29.6 Å². The van der Waals surface area contributed by atoms with Crippen LogP contribution in [-0.4, -0.2) is 17.5 Å². The van der Waals surface area contributed by atoms with Crippen LogP contribution < -0.4 is 0 Å². The molecule has 94 valence electrons. The highest BCUT2D eigenvalue weighted by atomic mass is 16.6. The fraction of sp³-hybridized carbons (Fsp3) is 0.667. The molecule has 0 spiro atoms. The van der Waals surface area contributed by atoms with Gasteiger partial charge in [0.1, 0.15) is 0 Å². The molecule has 1 aliphatic carbocycles. The van der Waals surface area contributed by atoms with Crippen molar-refractivity contribution >= 4 is 5.78 Å². The van der Waals surface area contributed by atoms with Crippen LogP contribution >= 0.6 is 0 Å². The first-order chi connectivity index (χ1) is 7.92. The van der Waals surface area contributed by atoms with Crippen molar-refractivity contribution in [3.8, 4) is 0 Å². The first-order valence-electron chi connectivity index (χ1n) is 6.45. The smallest absolute Gasteiger partial charge is 0.162 e. The Kier molecular flexibility index (Phi) is 3.26. The summed E-state index contributed by atoms with van der Waals surface area (Å²) in [7, 11) is 0. The summed E-state index contributed by atoms with van der Waals surface area (Å²) >= 11 is 0. The van der Waals surface area contributed by atoms with Gasteiger partial charge in [0, 0.05) is 12.8 Å². The van der Waals surface area contributed by atoms with Crippen LogP contribution in [0.15, 0.2) is 22.8 Å². The second-order valence-electron chi connectivity index (χ2n) is 5.79. The molecular formula is C15H22O2. The van der Waals surface area contributed by atoms with E-state index < -0.39 is 0 Å². The Morgan fingerprint density at radius 2 is 2.18 bits per heavy atom. The number of carbonyl (C=O) groups excluding carboxylic acids is 1. The number of Topliss-reactive ketones (excluding diaryl/α,β-unsaturated/α-hetero) is 1. The molecular weight excluding hydrogens is 212 g/mol. The van der Waals surface area contributed by atoms with Gasteiger partial charge in [0.05, 0.1) is 11.7 Å². The molecule has 0 bridgehead atoms. The van der Waals surface area contributed by atoms with E-state index in [0.29, 0.717) is 6.42 Å². The number of rotatable bonds is 0. The fourth-order valence-electron chi connectivity index (χ4n) is 2.59. The standard InChI is InChI=1S/C15H22O2/c1-10(2)12-9-14-15(4,17-14)7-5-6-11(3)8-13(12)16/h6,14H,5,7-9H2,1-4H3/t14-,15+/m0/s1. The number of fused-ring (bicyclic) bond motifs is 1. The van der Waals surface area contributed by atoms with E-state index in [0.717, 1.165) is 30.4 Å². The van der Waals surface area contributed by atoms with Crippen molar-refractivity contribution in [3.05, 3.63) is 22.8 Å². The molecule has 2 aliphatic rings. The zero-order valence-electron chi connectivity index (χ0n) is 11.3. The minimum atomic E-state index is 0.00903. The zero-order chi connectivity index (χ0) is 12.6. The van der Waals surface area contributed by atoms with E-state index in [-0.39, 0.29) is 17.5 Å². The summed E-state index contributed by atoms with van der Waals surface area (Å²) in [5.74, 6) is 0.276. The lowest BCUT2D eigenvalue weighted by atomic mass is 9.89. The molecule has 1 fully saturated rings. The highest BCUT2D eigenvalue weighted by molar-refractivity contribution is 5.97. The van der Waals surface area contributed by atoms with E-state index >= 15 is 0 Å². The predicted octanol–water partition coefficient (Wildman–Crippen LogP) is 3.57. The van der Waals surface area contributed by atoms with Gasteiger partial charge < -0.3 is 4.74 Å². The normalized spacial score (nSPS) is 33.9. The Balaban J connectivity index is 2.25. The lowest BCUT2D eigenvalue weighted by Gasteiger charge is -2.12. The van der Waals surface area contributed by atoms with Gasteiger partial charge in [-0.15, -0.1) is 0 Å². The average molecular weight is 234 g/mol. The number of ether oxygens (including phenoxy) is 1. The van der Waals surface area contributed by atoms with E-state index in [2.05, 4.69) is 19.9 Å². The molecule has 1 aliphatic heterocycles. The van der Waals surface area contributed by atoms with Crippen LogP contribution in [0.1, 0.15) is 53.4 Å². The third-order valence-electron chi connectivity index (χ3n) is 3.94. The van der Waals surface area contributed by atoms with Crippen molar-refractivity contribution in [2.24, 2.45) is 0 Å². The molecule has 2 atom stereocenters. The van der Waals surface area contributed by atoms with Gasteiger partial charge in [0.15, 0.2) is 5.78 Å².